The number of halogens is 3. The molecule has 3 heterocycles. The molecule has 9 heteroatoms. The van der Waals surface area contributed by atoms with E-state index in [1.54, 1.807) is 12.3 Å². The molecule has 6 nitrogen and oxygen atoms in total. The fourth-order valence-electron chi connectivity index (χ4n) is 5.23. The Morgan fingerprint density at radius 3 is 2.70 bits per heavy atom. The Labute approximate surface area is 196 Å². The number of likely N-dealkylation sites (tertiary alicyclic amines) is 1. The summed E-state index contributed by atoms with van der Waals surface area (Å²) in [6.07, 6.45) is 0.748. The van der Waals surface area contributed by atoms with E-state index in [4.69, 9.17) is 16.3 Å². The van der Waals surface area contributed by atoms with Crippen molar-refractivity contribution < 1.29 is 23.4 Å². The van der Waals surface area contributed by atoms with Crippen LogP contribution in [0.15, 0.2) is 24.4 Å². The smallest absolute Gasteiger partial charge is 0.242 e. The number of alkyl halides is 2. The van der Waals surface area contributed by atoms with E-state index in [1.165, 1.54) is 0 Å². The minimum absolute atomic E-state index is 0.220. The molecule has 1 saturated carbocycles. The quantitative estimate of drug-likeness (QED) is 0.676. The maximum Gasteiger partial charge on any atom is 0.242 e. The molecule has 2 N–H and O–H groups in total. The number of carbonyl (C=O) groups is 1. The lowest BCUT2D eigenvalue weighted by Crippen LogP contribution is -2.56. The number of benzene rings is 1. The molecular formula is C24H28ClF2N3O3. The number of anilines is 1. The Balaban J connectivity index is 1.30. The molecule has 1 aromatic carbocycles. The van der Waals surface area contributed by atoms with Crippen molar-refractivity contribution in [2.75, 3.05) is 31.6 Å². The highest BCUT2D eigenvalue weighted by Gasteiger charge is 2.49. The Hall–Kier alpha value is -1.87. The number of carbonyl (C=O) groups excluding carboxylic acids is 1. The van der Waals surface area contributed by atoms with Crippen LogP contribution in [0.3, 0.4) is 0 Å². The van der Waals surface area contributed by atoms with Crippen LogP contribution in [-0.4, -0.2) is 65.3 Å². The van der Waals surface area contributed by atoms with E-state index >= 15 is 0 Å². The van der Waals surface area contributed by atoms with Crippen LogP contribution in [0.1, 0.15) is 37.7 Å². The van der Waals surface area contributed by atoms with Crippen LogP contribution in [0.25, 0.3) is 10.8 Å². The zero-order valence-corrected chi connectivity index (χ0v) is 19.2. The SMILES string of the molecule is C[C@]1(N2CCC(c3cc4cc(NC(=O)[C@@H]5C[C@@H]5C(F)F)ncc4cc3Cl)CC2)COC[C@H]1O. The van der Waals surface area contributed by atoms with Gasteiger partial charge in [-0.25, -0.2) is 13.8 Å². The molecular weight excluding hydrogens is 452 g/mol. The fourth-order valence-corrected chi connectivity index (χ4v) is 5.56. The molecule has 178 valence electrons. The van der Waals surface area contributed by atoms with E-state index in [1.807, 2.05) is 12.1 Å². The van der Waals surface area contributed by atoms with Gasteiger partial charge < -0.3 is 15.2 Å². The fraction of sp³-hybridized carbons (Fsp3) is 0.583. The van der Waals surface area contributed by atoms with Crippen molar-refractivity contribution in [3.05, 3.63) is 35.0 Å². The van der Waals surface area contributed by atoms with Crippen LogP contribution in [0.4, 0.5) is 14.6 Å². The molecule has 3 fully saturated rings. The van der Waals surface area contributed by atoms with E-state index in [0.717, 1.165) is 42.3 Å². The van der Waals surface area contributed by atoms with Gasteiger partial charge in [-0.1, -0.05) is 11.6 Å². The number of aliphatic hydroxyl groups is 1. The summed E-state index contributed by atoms with van der Waals surface area (Å²) >= 11 is 6.63. The van der Waals surface area contributed by atoms with Gasteiger partial charge in [0.2, 0.25) is 12.3 Å². The molecule has 5 rings (SSSR count). The van der Waals surface area contributed by atoms with E-state index in [2.05, 4.69) is 22.1 Å². The molecule has 1 aliphatic carbocycles. The Morgan fingerprint density at radius 2 is 2.06 bits per heavy atom. The van der Waals surface area contributed by atoms with Crippen molar-refractivity contribution in [3.63, 3.8) is 0 Å². The first-order valence-electron chi connectivity index (χ1n) is 11.5. The Kier molecular flexibility index (Phi) is 6.05. The van der Waals surface area contributed by atoms with Crippen LogP contribution >= 0.6 is 11.6 Å². The van der Waals surface area contributed by atoms with E-state index in [0.29, 0.717) is 24.1 Å². The number of nitrogens with zero attached hydrogens (tertiary/aromatic N) is 2. The predicted octanol–water partition coefficient (Wildman–Crippen LogP) is 4.06. The molecule has 0 unspecified atom stereocenters. The summed E-state index contributed by atoms with van der Waals surface area (Å²) in [6.45, 7) is 4.67. The number of fused-ring (bicyclic) bond motifs is 1. The van der Waals surface area contributed by atoms with E-state index in [-0.39, 0.29) is 17.9 Å². The second kappa shape index (κ2) is 8.73. The lowest BCUT2D eigenvalue weighted by atomic mass is 9.85. The number of nitrogens with one attached hydrogen (secondary N) is 1. The summed E-state index contributed by atoms with van der Waals surface area (Å²) in [5.74, 6) is -1.25. The van der Waals surface area contributed by atoms with Crippen LogP contribution in [0.5, 0.6) is 0 Å². The molecule has 0 radical (unpaired) electrons. The molecule has 2 aliphatic heterocycles. The average Bonchev–Trinajstić information content (AvgIpc) is 3.54. The van der Waals surface area contributed by atoms with Gasteiger partial charge in [0.05, 0.1) is 24.9 Å². The molecule has 1 aromatic heterocycles. The second-order valence-corrected chi connectivity index (χ2v) is 10.2. The standard InChI is InChI=1S/C24H28ClF2N3O3/c1-24(12-33-11-20(24)31)30-4-2-13(3-5-30)16-6-14-8-21(28-10-15(14)7-19(16)25)29-23(32)18-9-17(18)22(26)27/h6-8,10,13,17-18,20,22,31H,2-5,9,11-12H2,1H3,(H,28,29,32)/t17-,18+,20+,24-/m0/s1. The minimum atomic E-state index is -2.46. The minimum Gasteiger partial charge on any atom is -0.389 e. The molecule has 2 aromatic rings. The number of piperidine rings is 1. The van der Waals surface area contributed by atoms with Crippen LogP contribution in [0.2, 0.25) is 5.02 Å². The zero-order chi connectivity index (χ0) is 23.3. The highest BCUT2D eigenvalue weighted by molar-refractivity contribution is 6.32. The number of amides is 1. The largest absolute Gasteiger partial charge is 0.389 e. The lowest BCUT2D eigenvalue weighted by molar-refractivity contribution is -0.118. The monoisotopic (exact) mass is 479 g/mol. The molecule has 2 saturated heterocycles. The first-order valence-corrected chi connectivity index (χ1v) is 11.8. The molecule has 3 aliphatic rings. The first kappa shape index (κ1) is 22.9. The predicted molar refractivity (Wildman–Crippen MR) is 122 cm³/mol. The van der Waals surface area contributed by atoms with Gasteiger partial charge in [0, 0.05) is 28.4 Å². The molecule has 1 amide bonds. The average molecular weight is 480 g/mol. The summed E-state index contributed by atoms with van der Waals surface area (Å²) in [5, 5.41) is 15.5. The van der Waals surface area contributed by atoms with E-state index in [9.17, 15) is 18.7 Å². The first-order chi connectivity index (χ1) is 15.8. The molecule has 33 heavy (non-hydrogen) atoms. The number of aromatic nitrogens is 1. The summed E-state index contributed by atoms with van der Waals surface area (Å²) in [4.78, 5) is 18.8. The number of ether oxygens (including phenoxy) is 1. The Morgan fingerprint density at radius 1 is 1.30 bits per heavy atom. The van der Waals surface area contributed by atoms with Crippen LogP contribution < -0.4 is 5.32 Å². The van der Waals surface area contributed by atoms with Gasteiger partial charge in [0.25, 0.3) is 0 Å². The second-order valence-electron chi connectivity index (χ2n) is 9.77. The maximum absolute atomic E-state index is 12.8. The van der Waals surface area contributed by atoms with E-state index < -0.39 is 30.3 Å². The van der Waals surface area contributed by atoms with Crippen LogP contribution in [-0.2, 0) is 9.53 Å². The third-order valence-electron chi connectivity index (χ3n) is 7.63. The van der Waals surface area contributed by atoms with Crippen molar-refractivity contribution in [3.8, 4) is 0 Å². The highest BCUT2D eigenvalue weighted by atomic mass is 35.5. The van der Waals surface area contributed by atoms with Gasteiger partial charge in [-0.2, -0.15) is 0 Å². The summed E-state index contributed by atoms with van der Waals surface area (Å²) in [7, 11) is 0. The van der Waals surface area contributed by atoms with Crippen molar-refractivity contribution in [2.24, 2.45) is 11.8 Å². The van der Waals surface area contributed by atoms with Gasteiger partial charge in [-0.05, 0) is 74.3 Å². The number of hydrogen-bond acceptors (Lipinski definition) is 5. The van der Waals surface area contributed by atoms with Crippen molar-refractivity contribution in [1.29, 1.82) is 0 Å². The molecule has 0 bridgehead atoms. The summed E-state index contributed by atoms with van der Waals surface area (Å²) in [5.41, 5.74) is 0.711. The van der Waals surface area contributed by atoms with Gasteiger partial charge in [0.1, 0.15) is 5.82 Å². The number of rotatable bonds is 5. The maximum atomic E-state index is 12.8. The summed E-state index contributed by atoms with van der Waals surface area (Å²) < 4.78 is 31.0. The number of pyridine rings is 1. The van der Waals surface area contributed by atoms with Crippen molar-refractivity contribution in [1.82, 2.24) is 9.88 Å². The summed E-state index contributed by atoms with van der Waals surface area (Å²) in [6, 6.07) is 5.71. The lowest BCUT2D eigenvalue weighted by Gasteiger charge is -2.43. The van der Waals surface area contributed by atoms with Gasteiger partial charge in [0.15, 0.2) is 0 Å². The third-order valence-corrected chi connectivity index (χ3v) is 7.96. The van der Waals surface area contributed by atoms with Crippen LogP contribution in [0, 0.1) is 11.8 Å². The highest BCUT2D eigenvalue weighted by Crippen LogP contribution is 2.44. The number of aliphatic hydroxyl groups excluding tert-OH is 1. The third kappa shape index (κ3) is 4.34. The van der Waals surface area contributed by atoms with Gasteiger partial charge in [-0.3, -0.25) is 9.69 Å². The number of hydrogen-bond donors (Lipinski definition) is 2. The van der Waals surface area contributed by atoms with Crippen molar-refractivity contribution >= 4 is 34.1 Å². The van der Waals surface area contributed by atoms with Crippen molar-refractivity contribution in [2.45, 2.75) is 50.2 Å². The topological polar surface area (TPSA) is 74.7 Å². The van der Waals surface area contributed by atoms with Gasteiger partial charge in [-0.15, -0.1) is 0 Å². The molecule has 0 spiro atoms. The molecule has 4 atom stereocenters. The normalized spacial score (nSPS) is 30.8. The zero-order valence-electron chi connectivity index (χ0n) is 18.4. The Bertz CT molecular complexity index is 1060. The van der Waals surface area contributed by atoms with Gasteiger partial charge >= 0.3 is 0 Å².